The lowest BCUT2D eigenvalue weighted by Gasteiger charge is -2.37. The van der Waals surface area contributed by atoms with Gasteiger partial charge in [0.15, 0.2) is 5.82 Å². The van der Waals surface area contributed by atoms with Crippen LogP contribution in [0.4, 0.5) is 16.3 Å². The van der Waals surface area contributed by atoms with Crippen molar-refractivity contribution in [2.75, 3.05) is 37.1 Å². The quantitative estimate of drug-likeness (QED) is 0.604. The number of hydrogen-bond donors (Lipinski definition) is 1. The summed E-state index contributed by atoms with van der Waals surface area (Å²) in [7, 11) is 4.02. The molecule has 0 fully saturated rings. The lowest BCUT2D eigenvalue weighted by Crippen LogP contribution is -2.56. The Labute approximate surface area is 197 Å². The van der Waals surface area contributed by atoms with Gasteiger partial charge in [-0.1, -0.05) is 38.1 Å². The van der Waals surface area contributed by atoms with Crippen molar-refractivity contribution in [3.63, 3.8) is 0 Å². The molecule has 0 radical (unpaired) electrons. The van der Waals surface area contributed by atoms with Crippen LogP contribution in [0.2, 0.25) is 0 Å². The fourth-order valence-electron chi connectivity index (χ4n) is 3.13. The fourth-order valence-corrected chi connectivity index (χ4v) is 3.13. The number of carbonyl (C=O) groups excluding carboxylic acids is 1. The van der Waals surface area contributed by atoms with Crippen LogP contribution in [0, 0.1) is 17.2 Å². The number of rotatable bonds is 8. The normalized spacial score (nSPS) is 11.4. The second-order valence-electron chi connectivity index (χ2n) is 9.44. The zero-order chi connectivity index (χ0) is 24.6. The zero-order valence-electron chi connectivity index (χ0n) is 20.7. The Morgan fingerprint density at radius 2 is 1.85 bits per heavy atom. The van der Waals surface area contributed by atoms with E-state index >= 15 is 0 Å². The molecule has 0 aliphatic rings. The summed E-state index contributed by atoms with van der Waals surface area (Å²) in [6.07, 6.45) is 5.52. The van der Waals surface area contributed by atoms with Crippen LogP contribution >= 0.6 is 0 Å². The van der Waals surface area contributed by atoms with Crippen LogP contribution in [-0.2, 0) is 0 Å². The minimum atomic E-state index is -0.407. The third-order valence-electron chi connectivity index (χ3n) is 4.86. The van der Waals surface area contributed by atoms with Crippen molar-refractivity contribution in [1.82, 2.24) is 20.3 Å². The number of hydrazine groups is 1. The van der Waals surface area contributed by atoms with Gasteiger partial charge in [0, 0.05) is 50.7 Å². The molecular weight excluding hydrogens is 414 g/mol. The topological polar surface area (TPSA) is 88.4 Å². The maximum absolute atomic E-state index is 13.3. The van der Waals surface area contributed by atoms with Gasteiger partial charge in [-0.15, -0.1) is 0 Å². The molecular formula is C25H35N7O. The first-order valence-electron chi connectivity index (χ1n) is 11.0. The highest BCUT2D eigenvalue weighted by atomic mass is 16.2. The van der Waals surface area contributed by atoms with E-state index in [0.717, 1.165) is 11.3 Å². The molecule has 0 atom stereocenters. The first-order valence-corrected chi connectivity index (χ1v) is 11.0. The van der Waals surface area contributed by atoms with Crippen LogP contribution in [0.5, 0.6) is 0 Å². The molecule has 1 heterocycles. The molecule has 1 N–H and O–H groups in total. The number of urea groups is 1. The van der Waals surface area contributed by atoms with Gasteiger partial charge in [0.2, 0.25) is 5.82 Å². The van der Waals surface area contributed by atoms with E-state index in [1.807, 2.05) is 53.1 Å². The van der Waals surface area contributed by atoms with E-state index in [2.05, 4.69) is 58.4 Å². The second-order valence-corrected chi connectivity index (χ2v) is 9.44. The van der Waals surface area contributed by atoms with E-state index in [9.17, 15) is 4.79 Å². The number of hydrogen-bond acceptors (Lipinski definition) is 6. The SMILES string of the molecule is CC(C)CN(NC(=O)N(C/C=C/c1ccc(N(C)C)cc1)C(C)(C)C)c1ccnc(C#N)n1. The molecule has 8 heteroatoms. The number of aromatic nitrogens is 2. The van der Waals surface area contributed by atoms with Crippen LogP contribution in [0.3, 0.4) is 0 Å². The third kappa shape index (κ3) is 7.79. The minimum Gasteiger partial charge on any atom is -0.378 e. The van der Waals surface area contributed by atoms with Crippen molar-refractivity contribution < 1.29 is 4.79 Å². The predicted octanol–water partition coefficient (Wildman–Crippen LogP) is 4.32. The highest BCUT2D eigenvalue weighted by Gasteiger charge is 2.27. The molecule has 176 valence electrons. The first kappa shape index (κ1) is 25.7. The van der Waals surface area contributed by atoms with Crippen molar-refractivity contribution in [2.45, 2.75) is 40.2 Å². The van der Waals surface area contributed by atoms with E-state index in [-0.39, 0.29) is 17.8 Å². The summed E-state index contributed by atoms with van der Waals surface area (Å²) in [6.45, 7) is 11.1. The van der Waals surface area contributed by atoms with Crippen molar-refractivity contribution in [3.05, 3.63) is 54.0 Å². The molecule has 2 aromatic rings. The maximum Gasteiger partial charge on any atom is 0.336 e. The number of carbonyl (C=O) groups is 1. The van der Waals surface area contributed by atoms with Crippen LogP contribution in [-0.4, -0.2) is 53.6 Å². The number of nitrogens with one attached hydrogen (secondary N) is 1. The Hall–Kier alpha value is -3.60. The van der Waals surface area contributed by atoms with Gasteiger partial charge in [-0.25, -0.2) is 15.2 Å². The average Bonchev–Trinajstić information content (AvgIpc) is 2.75. The van der Waals surface area contributed by atoms with Gasteiger partial charge in [-0.05, 0) is 44.4 Å². The Balaban J connectivity index is 2.18. The number of amides is 2. The molecule has 33 heavy (non-hydrogen) atoms. The van der Waals surface area contributed by atoms with Gasteiger partial charge in [0.1, 0.15) is 6.07 Å². The van der Waals surface area contributed by atoms with Crippen LogP contribution in [0.15, 0.2) is 42.6 Å². The molecule has 0 unspecified atom stereocenters. The number of anilines is 2. The zero-order valence-corrected chi connectivity index (χ0v) is 20.7. The van der Waals surface area contributed by atoms with E-state index in [1.54, 1.807) is 16.0 Å². The largest absolute Gasteiger partial charge is 0.378 e. The first-order chi connectivity index (χ1) is 15.5. The average molecular weight is 450 g/mol. The van der Waals surface area contributed by atoms with Crippen molar-refractivity contribution in [1.29, 1.82) is 5.26 Å². The molecule has 0 aliphatic carbocycles. The monoisotopic (exact) mass is 449 g/mol. The number of nitrogens with zero attached hydrogens (tertiary/aromatic N) is 6. The number of nitriles is 1. The lowest BCUT2D eigenvalue weighted by molar-refractivity contribution is 0.153. The van der Waals surface area contributed by atoms with Crippen molar-refractivity contribution in [2.24, 2.45) is 5.92 Å². The summed E-state index contributed by atoms with van der Waals surface area (Å²) in [4.78, 5) is 25.3. The van der Waals surface area contributed by atoms with Gasteiger partial charge < -0.3 is 9.80 Å². The minimum absolute atomic E-state index is 0.0615. The van der Waals surface area contributed by atoms with Crippen LogP contribution in [0.1, 0.15) is 46.0 Å². The highest BCUT2D eigenvalue weighted by molar-refractivity contribution is 5.77. The molecule has 8 nitrogen and oxygen atoms in total. The fraction of sp³-hybridized carbons (Fsp3) is 0.440. The Kier molecular flexibility index (Phi) is 8.80. The smallest absolute Gasteiger partial charge is 0.336 e. The lowest BCUT2D eigenvalue weighted by atomic mass is 10.1. The van der Waals surface area contributed by atoms with Crippen LogP contribution in [0.25, 0.3) is 6.08 Å². The van der Waals surface area contributed by atoms with Gasteiger partial charge in [0.25, 0.3) is 0 Å². The summed E-state index contributed by atoms with van der Waals surface area (Å²) in [5.74, 6) is 0.805. The molecule has 2 rings (SSSR count). The predicted molar refractivity (Wildman–Crippen MR) is 134 cm³/mol. The highest BCUT2D eigenvalue weighted by Crippen LogP contribution is 2.17. The second kappa shape index (κ2) is 11.3. The summed E-state index contributed by atoms with van der Waals surface area (Å²) >= 11 is 0. The summed E-state index contributed by atoms with van der Waals surface area (Å²) in [5, 5.41) is 10.8. The van der Waals surface area contributed by atoms with Gasteiger partial charge in [-0.2, -0.15) is 10.2 Å². The van der Waals surface area contributed by atoms with E-state index in [4.69, 9.17) is 5.26 Å². The van der Waals surface area contributed by atoms with Crippen molar-refractivity contribution in [3.8, 4) is 6.07 Å². The Bertz CT molecular complexity index is 985. The number of benzene rings is 1. The van der Waals surface area contributed by atoms with E-state index in [1.165, 1.54) is 6.20 Å². The van der Waals surface area contributed by atoms with Crippen LogP contribution < -0.4 is 15.3 Å². The molecule has 2 amide bonds. The molecule has 0 saturated heterocycles. The van der Waals surface area contributed by atoms with E-state index in [0.29, 0.717) is 18.9 Å². The summed E-state index contributed by atoms with van der Waals surface area (Å²) < 4.78 is 0. The molecule has 0 bridgehead atoms. The standard InChI is InChI=1S/C25H35N7O/c1-19(2)18-32(23-14-15-27-22(17-26)28-23)29-24(33)31(25(3,4)5)16-8-9-20-10-12-21(13-11-20)30(6)7/h8-15,19H,16,18H2,1-7H3,(H,29,33)/b9-8+. The summed E-state index contributed by atoms with van der Waals surface area (Å²) in [6, 6.07) is 11.6. The molecule has 1 aromatic heterocycles. The van der Waals surface area contributed by atoms with Gasteiger partial charge in [0.05, 0.1) is 0 Å². The third-order valence-corrected chi connectivity index (χ3v) is 4.86. The molecule has 0 saturated carbocycles. The molecule has 0 spiro atoms. The van der Waals surface area contributed by atoms with Gasteiger partial charge in [-0.3, -0.25) is 5.01 Å². The van der Waals surface area contributed by atoms with Crippen molar-refractivity contribution >= 4 is 23.6 Å². The maximum atomic E-state index is 13.3. The summed E-state index contributed by atoms with van der Waals surface area (Å²) in [5.41, 5.74) is 4.77. The molecule has 1 aromatic carbocycles. The Morgan fingerprint density at radius 1 is 1.18 bits per heavy atom. The van der Waals surface area contributed by atoms with E-state index < -0.39 is 5.54 Å². The van der Waals surface area contributed by atoms with Gasteiger partial charge >= 0.3 is 6.03 Å². The Morgan fingerprint density at radius 3 is 2.39 bits per heavy atom. The molecule has 0 aliphatic heterocycles.